The van der Waals surface area contributed by atoms with E-state index in [0.717, 1.165) is 23.7 Å². The molecule has 21 heavy (non-hydrogen) atoms. The number of carbonyl (C=O) groups is 1. The third kappa shape index (κ3) is 3.30. The van der Waals surface area contributed by atoms with Gasteiger partial charge in [-0.05, 0) is 37.5 Å². The second kappa shape index (κ2) is 6.20. The minimum atomic E-state index is -0.0878. The zero-order chi connectivity index (χ0) is 14.8. The Balaban J connectivity index is 1.74. The van der Waals surface area contributed by atoms with Crippen LogP contribution in [0.4, 0.5) is 0 Å². The van der Waals surface area contributed by atoms with E-state index in [0.29, 0.717) is 10.6 Å². The molecule has 0 saturated heterocycles. The molecule has 0 radical (unpaired) electrons. The minimum absolute atomic E-state index is 0.0878. The molecule has 4 nitrogen and oxygen atoms in total. The van der Waals surface area contributed by atoms with Crippen LogP contribution in [0.5, 0.6) is 0 Å². The maximum atomic E-state index is 12.4. The number of imidazole rings is 1. The number of amides is 1. The van der Waals surface area contributed by atoms with Crippen molar-refractivity contribution in [1.82, 2.24) is 14.9 Å². The fourth-order valence-corrected chi connectivity index (χ4v) is 3.73. The van der Waals surface area contributed by atoms with Crippen molar-refractivity contribution in [3.05, 3.63) is 52.0 Å². The quantitative estimate of drug-likeness (QED) is 0.895. The van der Waals surface area contributed by atoms with Crippen molar-refractivity contribution in [1.29, 1.82) is 0 Å². The molecule has 1 N–H and O–H groups in total. The second-order valence-electron chi connectivity index (χ2n) is 5.25. The molecule has 1 aliphatic rings. The van der Waals surface area contributed by atoms with Gasteiger partial charge >= 0.3 is 0 Å². The maximum absolute atomic E-state index is 12.4. The van der Waals surface area contributed by atoms with Crippen molar-refractivity contribution in [2.75, 3.05) is 0 Å². The molecule has 1 aliphatic carbocycles. The lowest BCUT2D eigenvalue weighted by Crippen LogP contribution is -2.38. The second-order valence-corrected chi connectivity index (χ2v) is 6.60. The number of hydrogen-bond donors (Lipinski definition) is 1. The Morgan fingerprint density at radius 2 is 2.24 bits per heavy atom. The molecule has 0 spiro atoms. The van der Waals surface area contributed by atoms with Gasteiger partial charge in [0, 0.05) is 33.5 Å². The Kier molecular flexibility index (Phi) is 4.31. The van der Waals surface area contributed by atoms with Crippen LogP contribution in [0.2, 0.25) is 5.02 Å². The minimum Gasteiger partial charge on any atom is -0.347 e. The molecule has 1 aromatic carbocycles. The molecule has 1 saturated carbocycles. The highest BCUT2D eigenvalue weighted by molar-refractivity contribution is 9.10. The lowest BCUT2D eigenvalue weighted by Gasteiger charge is -2.22. The van der Waals surface area contributed by atoms with E-state index in [-0.39, 0.29) is 18.0 Å². The zero-order valence-electron chi connectivity index (χ0n) is 11.3. The van der Waals surface area contributed by atoms with E-state index in [1.807, 2.05) is 12.5 Å². The SMILES string of the molecule is O=C(NC1CCCC1n1ccnc1)c1cc(Cl)cc(Br)c1. The van der Waals surface area contributed by atoms with Gasteiger partial charge in [-0.25, -0.2) is 4.98 Å². The Bertz CT molecular complexity index is 624. The van der Waals surface area contributed by atoms with Crippen molar-refractivity contribution in [2.24, 2.45) is 0 Å². The predicted molar refractivity (Wildman–Crippen MR) is 85.5 cm³/mol. The van der Waals surface area contributed by atoms with E-state index in [1.54, 1.807) is 24.4 Å². The summed E-state index contributed by atoms with van der Waals surface area (Å²) in [6.07, 6.45) is 8.67. The number of carbonyl (C=O) groups excluding carboxylic acids is 1. The summed E-state index contributed by atoms with van der Waals surface area (Å²) >= 11 is 9.36. The summed E-state index contributed by atoms with van der Waals surface area (Å²) in [5.74, 6) is -0.0878. The molecular formula is C15H15BrClN3O. The number of nitrogens with zero attached hydrogens (tertiary/aromatic N) is 2. The molecule has 2 unspecified atom stereocenters. The first-order valence-corrected chi connectivity index (χ1v) is 8.05. The molecule has 1 fully saturated rings. The molecular weight excluding hydrogens is 354 g/mol. The Morgan fingerprint density at radius 1 is 1.38 bits per heavy atom. The highest BCUT2D eigenvalue weighted by Crippen LogP contribution is 2.30. The molecule has 1 heterocycles. The number of aromatic nitrogens is 2. The van der Waals surface area contributed by atoms with Gasteiger partial charge in [0.1, 0.15) is 0 Å². The van der Waals surface area contributed by atoms with Crippen molar-refractivity contribution in [2.45, 2.75) is 31.3 Å². The van der Waals surface area contributed by atoms with Crippen LogP contribution in [0.1, 0.15) is 35.7 Å². The molecule has 3 rings (SSSR count). The van der Waals surface area contributed by atoms with Gasteiger partial charge in [0.05, 0.1) is 12.4 Å². The van der Waals surface area contributed by atoms with Crippen molar-refractivity contribution >= 4 is 33.4 Å². The van der Waals surface area contributed by atoms with Crippen LogP contribution in [-0.2, 0) is 0 Å². The van der Waals surface area contributed by atoms with Gasteiger partial charge in [-0.15, -0.1) is 0 Å². The lowest BCUT2D eigenvalue weighted by molar-refractivity contribution is 0.0929. The van der Waals surface area contributed by atoms with Crippen molar-refractivity contribution in [3.63, 3.8) is 0 Å². The Morgan fingerprint density at radius 3 is 2.95 bits per heavy atom. The fourth-order valence-electron chi connectivity index (χ4n) is 2.87. The predicted octanol–water partition coefficient (Wildman–Crippen LogP) is 3.82. The standard InChI is InChI=1S/C15H15BrClN3O/c16-11-6-10(7-12(17)8-11)15(21)19-13-2-1-3-14(13)20-5-4-18-9-20/h4-9,13-14H,1-3H2,(H,19,21). The van der Waals surface area contributed by atoms with Crippen LogP contribution in [0.3, 0.4) is 0 Å². The molecule has 1 aromatic heterocycles. The summed E-state index contributed by atoms with van der Waals surface area (Å²) in [6.45, 7) is 0. The van der Waals surface area contributed by atoms with Gasteiger partial charge in [0.25, 0.3) is 5.91 Å². The zero-order valence-corrected chi connectivity index (χ0v) is 13.6. The molecule has 2 atom stereocenters. The number of hydrogen-bond acceptors (Lipinski definition) is 2. The van der Waals surface area contributed by atoms with E-state index >= 15 is 0 Å². The Labute approximate surface area is 136 Å². The molecule has 6 heteroatoms. The summed E-state index contributed by atoms with van der Waals surface area (Å²) < 4.78 is 2.88. The first-order chi connectivity index (χ1) is 10.1. The first kappa shape index (κ1) is 14.6. The highest BCUT2D eigenvalue weighted by Gasteiger charge is 2.29. The van der Waals surface area contributed by atoms with Gasteiger partial charge in [-0.3, -0.25) is 4.79 Å². The number of halogens is 2. The smallest absolute Gasteiger partial charge is 0.251 e. The van der Waals surface area contributed by atoms with Crippen molar-refractivity contribution < 1.29 is 4.79 Å². The summed E-state index contributed by atoms with van der Waals surface area (Å²) in [4.78, 5) is 16.5. The monoisotopic (exact) mass is 367 g/mol. The summed E-state index contributed by atoms with van der Waals surface area (Å²) in [5, 5.41) is 3.67. The molecule has 110 valence electrons. The number of benzene rings is 1. The molecule has 0 bridgehead atoms. The van der Waals surface area contributed by atoms with Crippen LogP contribution in [0.25, 0.3) is 0 Å². The molecule has 0 aliphatic heterocycles. The summed E-state index contributed by atoms with van der Waals surface area (Å²) in [6, 6.07) is 5.64. The topological polar surface area (TPSA) is 46.9 Å². The van der Waals surface area contributed by atoms with Gasteiger partial charge in [0.2, 0.25) is 0 Å². The van der Waals surface area contributed by atoms with E-state index < -0.39 is 0 Å². The maximum Gasteiger partial charge on any atom is 0.251 e. The van der Waals surface area contributed by atoms with Crippen LogP contribution < -0.4 is 5.32 Å². The highest BCUT2D eigenvalue weighted by atomic mass is 79.9. The summed E-state index contributed by atoms with van der Waals surface area (Å²) in [7, 11) is 0. The number of nitrogens with one attached hydrogen (secondary N) is 1. The van der Waals surface area contributed by atoms with E-state index in [1.165, 1.54) is 0 Å². The van der Waals surface area contributed by atoms with Gasteiger partial charge in [-0.2, -0.15) is 0 Å². The lowest BCUT2D eigenvalue weighted by atomic mass is 10.1. The third-order valence-electron chi connectivity index (χ3n) is 3.83. The Hall–Kier alpha value is -1.33. The average molecular weight is 369 g/mol. The third-order valence-corrected chi connectivity index (χ3v) is 4.50. The first-order valence-electron chi connectivity index (χ1n) is 6.88. The number of rotatable bonds is 3. The van der Waals surface area contributed by atoms with E-state index in [4.69, 9.17) is 11.6 Å². The van der Waals surface area contributed by atoms with Gasteiger partial charge in [0.15, 0.2) is 0 Å². The largest absolute Gasteiger partial charge is 0.347 e. The van der Waals surface area contributed by atoms with Crippen molar-refractivity contribution in [3.8, 4) is 0 Å². The molecule has 2 aromatic rings. The van der Waals surface area contributed by atoms with Crippen LogP contribution >= 0.6 is 27.5 Å². The fraction of sp³-hybridized carbons (Fsp3) is 0.333. The van der Waals surface area contributed by atoms with Gasteiger partial charge in [-0.1, -0.05) is 27.5 Å². The van der Waals surface area contributed by atoms with Crippen LogP contribution in [0.15, 0.2) is 41.4 Å². The van der Waals surface area contributed by atoms with Gasteiger partial charge < -0.3 is 9.88 Å². The van der Waals surface area contributed by atoms with E-state index in [2.05, 4.69) is 30.8 Å². The van der Waals surface area contributed by atoms with E-state index in [9.17, 15) is 4.79 Å². The van der Waals surface area contributed by atoms with Crippen LogP contribution in [0, 0.1) is 0 Å². The van der Waals surface area contributed by atoms with Crippen LogP contribution in [-0.4, -0.2) is 21.5 Å². The summed E-state index contributed by atoms with van der Waals surface area (Å²) in [5.41, 5.74) is 0.575. The average Bonchev–Trinajstić information content (AvgIpc) is 3.07. The normalized spacial score (nSPS) is 21.4. The molecule has 1 amide bonds.